The number of nitrogens with one attached hydrogen (secondary N) is 1. The molecule has 1 aromatic carbocycles. The number of hydrogen-bond donors (Lipinski definition) is 1. The largest absolute Gasteiger partial charge is 0.314 e. The SMILES string of the molecule is CCNC(Cc1c(F)ccc(Br)c1F)C(C)CC. The van der Waals surface area contributed by atoms with Gasteiger partial charge in [0.1, 0.15) is 11.6 Å². The summed E-state index contributed by atoms with van der Waals surface area (Å²) in [6, 6.07) is 2.81. The lowest BCUT2D eigenvalue weighted by Gasteiger charge is -2.24. The number of hydrogen-bond acceptors (Lipinski definition) is 1. The smallest absolute Gasteiger partial charge is 0.143 e. The number of likely N-dealkylation sites (N-methyl/N-ethyl adjacent to an activating group) is 1. The van der Waals surface area contributed by atoms with Crippen molar-refractivity contribution < 1.29 is 8.78 Å². The summed E-state index contributed by atoms with van der Waals surface area (Å²) in [5.41, 5.74) is 0.163. The van der Waals surface area contributed by atoms with E-state index < -0.39 is 11.6 Å². The lowest BCUT2D eigenvalue weighted by atomic mass is 9.92. The minimum atomic E-state index is -0.485. The summed E-state index contributed by atoms with van der Waals surface area (Å²) in [7, 11) is 0. The Labute approximate surface area is 116 Å². The molecule has 2 atom stereocenters. The van der Waals surface area contributed by atoms with Crippen LogP contribution in [0.25, 0.3) is 0 Å². The van der Waals surface area contributed by atoms with Crippen LogP contribution in [0.15, 0.2) is 16.6 Å². The molecule has 0 saturated carbocycles. The third-order valence-corrected chi connectivity index (χ3v) is 3.97. The van der Waals surface area contributed by atoms with Gasteiger partial charge in [-0.15, -0.1) is 0 Å². The van der Waals surface area contributed by atoms with Gasteiger partial charge < -0.3 is 5.32 Å². The van der Waals surface area contributed by atoms with E-state index in [0.717, 1.165) is 13.0 Å². The Balaban J connectivity index is 2.96. The standard InChI is InChI=1S/C14H20BrF2N/c1-4-9(3)13(18-5-2)8-10-12(16)7-6-11(15)14(10)17/h6-7,9,13,18H,4-5,8H2,1-3H3. The Morgan fingerprint density at radius 1 is 1.28 bits per heavy atom. The molecule has 18 heavy (non-hydrogen) atoms. The van der Waals surface area contributed by atoms with E-state index in [9.17, 15) is 8.78 Å². The first-order valence-electron chi connectivity index (χ1n) is 6.36. The number of rotatable bonds is 6. The van der Waals surface area contributed by atoms with E-state index in [0.29, 0.717) is 16.8 Å². The van der Waals surface area contributed by atoms with E-state index in [1.54, 1.807) is 0 Å². The molecule has 0 heterocycles. The summed E-state index contributed by atoms with van der Waals surface area (Å²) in [5, 5.41) is 3.31. The van der Waals surface area contributed by atoms with Crippen LogP contribution in [-0.2, 0) is 6.42 Å². The highest BCUT2D eigenvalue weighted by molar-refractivity contribution is 9.10. The molecule has 1 aromatic rings. The molecule has 0 amide bonds. The van der Waals surface area contributed by atoms with E-state index in [1.165, 1.54) is 12.1 Å². The molecule has 0 fully saturated rings. The summed E-state index contributed by atoms with van der Waals surface area (Å²) >= 11 is 3.10. The number of halogens is 3. The van der Waals surface area contributed by atoms with Gasteiger partial charge in [0.15, 0.2) is 0 Å². The fourth-order valence-electron chi connectivity index (χ4n) is 2.00. The van der Waals surface area contributed by atoms with Crippen LogP contribution in [-0.4, -0.2) is 12.6 Å². The highest BCUT2D eigenvalue weighted by Gasteiger charge is 2.20. The van der Waals surface area contributed by atoms with Gasteiger partial charge in [0, 0.05) is 11.6 Å². The van der Waals surface area contributed by atoms with Crippen molar-refractivity contribution in [3.63, 3.8) is 0 Å². The molecule has 0 aliphatic heterocycles. The Morgan fingerprint density at radius 2 is 1.94 bits per heavy atom. The third-order valence-electron chi connectivity index (χ3n) is 3.36. The number of benzene rings is 1. The van der Waals surface area contributed by atoms with Crippen LogP contribution in [0.2, 0.25) is 0 Å². The second kappa shape index (κ2) is 7.19. The molecular formula is C14H20BrF2N. The van der Waals surface area contributed by atoms with Crippen molar-refractivity contribution in [2.45, 2.75) is 39.7 Å². The molecule has 0 saturated heterocycles. The average molecular weight is 320 g/mol. The quantitative estimate of drug-likeness (QED) is 0.771. The molecule has 0 aromatic heterocycles. The maximum absolute atomic E-state index is 13.9. The van der Waals surface area contributed by atoms with Crippen LogP contribution >= 0.6 is 15.9 Å². The van der Waals surface area contributed by atoms with Crippen LogP contribution < -0.4 is 5.32 Å². The minimum absolute atomic E-state index is 0.0956. The van der Waals surface area contributed by atoms with E-state index in [2.05, 4.69) is 35.1 Å². The van der Waals surface area contributed by atoms with Crippen LogP contribution in [0.5, 0.6) is 0 Å². The summed E-state index contributed by atoms with van der Waals surface area (Å²) in [6.07, 6.45) is 1.36. The van der Waals surface area contributed by atoms with E-state index >= 15 is 0 Å². The lowest BCUT2D eigenvalue weighted by molar-refractivity contribution is 0.362. The molecule has 2 unspecified atom stereocenters. The van der Waals surface area contributed by atoms with Crippen LogP contribution in [0.1, 0.15) is 32.8 Å². The monoisotopic (exact) mass is 319 g/mol. The fraction of sp³-hybridized carbons (Fsp3) is 0.571. The van der Waals surface area contributed by atoms with Gasteiger partial charge in [-0.05, 0) is 46.9 Å². The molecule has 0 bridgehead atoms. The average Bonchev–Trinajstić information content (AvgIpc) is 2.37. The van der Waals surface area contributed by atoms with Crippen LogP contribution in [0.4, 0.5) is 8.78 Å². The normalized spacial score (nSPS) is 14.6. The molecule has 0 aliphatic rings. The van der Waals surface area contributed by atoms with Crippen molar-refractivity contribution in [3.8, 4) is 0 Å². The van der Waals surface area contributed by atoms with Crippen molar-refractivity contribution >= 4 is 15.9 Å². The summed E-state index contributed by atoms with van der Waals surface area (Å²) in [6.45, 7) is 6.99. The summed E-state index contributed by atoms with van der Waals surface area (Å²) < 4.78 is 27.9. The van der Waals surface area contributed by atoms with E-state index in [4.69, 9.17) is 0 Å². The van der Waals surface area contributed by atoms with Gasteiger partial charge in [0.25, 0.3) is 0 Å². The molecule has 0 radical (unpaired) electrons. The van der Waals surface area contributed by atoms with Gasteiger partial charge >= 0.3 is 0 Å². The van der Waals surface area contributed by atoms with Crippen molar-refractivity contribution in [1.82, 2.24) is 5.32 Å². The van der Waals surface area contributed by atoms with Crippen molar-refractivity contribution in [1.29, 1.82) is 0 Å². The predicted octanol–water partition coefficient (Wildman–Crippen LogP) is 4.29. The first kappa shape index (κ1) is 15.6. The Bertz CT molecular complexity index is 396. The van der Waals surface area contributed by atoms with Crippen LogP contribution in [0, 0.1) is 17.6 Å². The molecule has 0 aliphatic carbocycles. The molecule has 1 N–H and O–H groups in total. The molecular weight excluding hydrogens is 300 g/mol. The van der Waals surface area contributed by atoms with Gasteiger partial charge in [0.2, 0.25) is 0 Å². The van der Waals surface area contributed by atoms with Gasteiger partial charge in [-0.25, -0.2) is 8.78 Å². The molecule has 1 rings (SSSR count). The lowest BCUT2D eigenvalue weighted by Crippen LogP contribution is -2.37. The van der Waals surface area contributed by atoms with Crippen molar-refractivity contribution in [3.05, 3.63) is 33.8 Å². The Morgan fingerprint density at radius 3 is 2.50 bits per heavy atom. The fourth-order valence-corrected chi connectivity index (χ4v) is 2.37. The maximum Gasteiger partial charge on any atom is 0.143 e. The Hall–Kier alpha value is -0.480. The first-order valence-corrected chi connectivity index (χ1v) is 7.16. The Kier molecular flexibility index (Phi) is 6.22. The topological polar surface area (TPSA) is 12.0 Å². The molecule has 4 heteroatoms. The highest BCUT2D eigenvalue weighted by Crippen LogP contribution is 2.24. The minimum Gasteiger partial charge on any atom is -0.314 e. The molecule has 102 valence electrons. The zero-order valence-corrected chi connectivity index (χ0v) is 12.7. The maximum atomic E-state index is 13.9. The zero-order valence-electron chi connectivity index (χ0n) is 11.1. The van der Waals surface area contributed by atoms with E-state index in [-0.39, 0.29) is 11.6 Å². The second-order valence-electron chi connectivity index (χ2n) is 4.58. The van der Waals surface area contributed by atoms with Gasteiger partial charge in [-0.2, -0.15) is 0 Å². The van der Waals surface area contributed by atoms with Crippen LogP contribution in [0.3, 0.4) is 0 Å². The third kappa shape index (κ3) is 3.75. The highest BCUT2D eigenvalue weighted by atomic mass is 79.9. The van der Waals surface area contributed by atoms with Crippen molar-refractivity contribution in [2.24, 2.45) is 5.92 Å². The van der Waals surface area contributed by atoms with Gasteiger partial charge in [-0.3, -0.25) is 0 Å². The first-order chi connectivity index (χ1) is 8.51. The van der Waals surface area contributed by atoms with Gasteiger partial charge in [-0.1, -0.05) is 27.2 Å². The van der Waals surface area contributed by atoms with Gasteiger partial charge in [0.05, 0.1) is 4.47 Å². The van der Waals surface area contributed by atoms with E-state index in [1.807, 2.05) is 6.92 Å². The molecule has 1 nitrogen and oxygen atoms in total. The summed E-state index contributed by atoms with van der Waals surface area (Å²) in [4.78, 5) is 0. The zero-order chi connectivity index (χ0) is 13.7. The summed E-state index contributed by atoms with van der Waals surface area (Å²) in [5.74, 6) is -0.578. The van der Waals surface area contributed by atoms with Crippen molar-refractivity contribution in [2.75, 3.05) is 6.54 Å². The predicted molar refractivity (Wildman–Crippen MR) is 74.7 cm³/mol. The molecule has 0 spiro atoms. The second-order valence-corrected chi connectivity index (χ2v) is 5.43.